The molecule has 1 fully saturated rings. The molecule has 0 N–H and O–H groups in total. The highest BCUT2D eigenvalue weighted by atomic mass is 16.7. The molecule has 1 aliphatic rings. The van der Waals surface area contributed by atoms with E-state index in [0.29, 0.717) is 0 Å². The molecular formula is C10H18O3. The van der Waals surface area contributed by atoms with E-state index < -0.39 is 6.16 Å². The van der Waals surface area contributed by atoms with Crippen molar-refractivity contribution in [2.24, 2.45) is 0 Å². The Hall–Kier alpha value is -0.730. The van der Waals surface area contributed by atoms with Crippen molar-refractivity contribution in [3.63, 3.8) is 0 Å². The maximum Gasteiger partial charge on any atom is 0.508 e. The molecule has 0 aromatic rings. The zero-order chi connectivity index (χ0) is 9.73. The van der Waals surface area contributed by atoms with Gasteiger partial charge in [0.2, 0.25) is 0 Å². The van der Waals surface area contributed by atoms with E-state index in [1.54, 1.807) is 0 Å². The second kappa shape index (κ2) is 4.49. The van der Waals surface area contributed by atoms with Crippen molar-refractivity contribution in [1.82, 2.24) is 0 Å². The summed E-state index contributed by atoms with van der Waals surface area (Å²) in [5.74, 6) is 0. The number of hydrogen-bond acceptors (Lipinski definition) is 3. The Morgan fingerprint density at radius 1 is 1.31 bits per heavy atom. The summed E-state index contributed by atoms with van der Waals surface area (Å²) in [6.07, 6.45) is 5.89. The van der Waals surface area contributed by atoms with Crippen molar-refractivity contribution < 1.29 is 14.3 Å². The fourth-order valence-electron chi connectivity index (χ4n) is 1.94. The molecule has 1 rings (SSSR count). The summed E-state index contributed by atoms with van der Waals surface area (Å²) in [4.78, 5) is 11.0. The van der Waals surface area contributed by atoms with Crippen LogP contribution in [0.15, 0.2) is 0 Å². The molecule has 0 unspecified atom stereocenters. The van der Waals surface area contributed by atoms with Crippen LogP contribution < -0.4 is 0 Å². The van der Waals surface area contributed by atoms with Gasteiger partial charge >= 0.3 is 6.16 Å². The van der Waals surface area contributed by atoms with Gasteiger partial charge in [-0.05, 0) is 32.1 Å². The molecule has 0 amide bonds. The predicted molar refractivity (Wildman–Crippen MR) is 49.6 cm³/mol. The lowest BCUT2D eigenvalue weighted by atomic mass is 9.83. The molecule has 0 radical (unpaired) electrons. The Labute approximate surface area is 79.4 Å². The minimum Gasteiger partial charge on any atom is -0.438 e. The van der Waals surface area contributed by atoms with Crippen LogP contribution in [-0.4, -0.2) is 18.9 Å². The summed E-state index contributed by atoms with van der Waals surface area (Å²) in [7, 11) is 1.36. The van der Waals surface area contributed by atoms with E-state index >= 15 is 0 Å². The number of carbonyl (C=O) groups is 1. The maximum absolute atomic E-state index is 11.0. The number of hydrogen-bond donors (Lipinski definition) is 0. The van der Waals surface area contributed by atoms with Crippen LogP contribution in [0.4, 0.5) is 4.79 Å². The summed E-state index contributed by atoms with van der Waals surface area (Å²) in [5, 5.41) is 0. The topological polar surface area (TPSA) is 35.5 Å². The SMILES string of the molecule is CCC1(OC(=O)OC)CCCCC1. The van der Waals surface area contributed by atoms with Crippen molar-refractivity contribution in [1.29, 1.82) is 0 Å². The molecule has 0 aromatic carbocycles. The highest BCUT2D eigenvalue weighted by Gasteiger charge is 2.34. The molecule has 0 bridgehead atoms. The van der Waals surface area contributed by atoms with E-state index in [0.717, 1.165) is 32.1 Å². The van der Waals surface area contributed by atoms with Crippen LogP contribution in [0.2, 0.25) is 0 Å². The summed E-state index contributed by atoms with van der Waals surface area (Å²) in [6, 6.07) is 0. The Kier molecular flexibility index (Phi) is 3.58. The average molecular weight is 186 g/mol. The monoisotopic (exact) mass is 186 g/mol. The van der Waals surface area contributed by atoms with E-state index in [-0.39, 0.29) is 5.60 Å². The summed E-state index contributed by atoms with van der Waals surface area (Å²) in [5.41, 5.74) is -0.231. The molecule has 0 heterocycles. The molecule has 0 atom stereocenters. The molecule has 3 heteroatoms. The van der Waals surface area contributed by atoms with Gasteiger partial charge in [0.25, 0.3) is 0 Å². The number of methoxy groups -OCH3 is 1. The van der Waals surface area contributed by atoms with Gasteiger partial charge < -0.3 is 9.47 Å². The minimum absolute atomic E-state index is 0.231. The van der Waals surface area contributed by atoms with Crippen LogP contribution in [0, 0.1) is 0 Å². The van der Waals surface area contributed by atoms with Crippen LogP contribution in [0.25, 0.3) is 0 Å². The first-order valence-corrected chi connectivity index (χ1v) is 4.99. The molecule has 3 nitrogen and oxygen atoms in total. The van der Waals surface area contributed by atoms with Gasteiger partial charge in [0.05, 0.1) is 7.11 Å². The van der Waals surface area contributed by atoms with Gasteiger partial charge in [-0.2, -0.15) is 0 Å². The second-order valence-electron chi connectivity index (χ2n) is 3.65. The van der Waals surface area contributed by atoms with Crippen molar-refractivity contribution >= 4 is 6.16 Å². The lowest BCUT2D eigenvalue weighted by Crippen LogP contribution is -2.36. The average Bonchev–Trinajstić information content (AvgIpc) is 2.19. The van der Waals surface area contributed by atoms with Crippen molar-refractivity contribution in [2.45, 2.75) is 51.0 Å². The highest BCUT2D eigenvalue weighted by molar-refractivity contribution is 5.60. The number of carbonyl (C=O) groups excluding carboxylic acids is 1. The first-order valence-electron chi connectivity index (χ1n) is 4.99. The quantitative estimate of drug-likeness (QED) is 0.622. The number of ether oxygens (including phenoxy) is 2. The van der Waals surface area contributed by atoms with Crippen molar-refractivity contribution in [3.8, 4) is 0 Å². The number of rotatable bonds is 2. The Morgan fingerprint density at radius 3 is 2.38 bits per heavy atom. The molecule has 0 saturated heterocycles. The molecule has 13 heavy (non-hydrogen) atoms. The van der Waals surface area contributed by atoms with Gasteiger partial charge in [0, 0.05) is 0 Å². The Bertz CT molecular complexity index is 171. The lowest BCUT2D eigenvalue weighted by Gasteiger charge is -2.35. The minimum atomic E-state index is -0.538. The Morgan fingerprint density at radius 2 is 1.92 bits per heavy atom. The summed E-state index contributed by atoms with van der Waals surface area (Å²) in [6.45, 7) is 2.06. The van der Waals surface area contributed by atoms with Crippen LogP contribution in [0.3, 0.4) is 0 Å². The standard InChI is InChI=1S/C10H18O3/c1-3-10(13-9(11)12-2)7-5-4-6-8-10/h3-8H2,1-2H3. The molecule has 76 valence electrons. The van der Waals surface area contributed by atoms with Gasteiger partial charge in [-0.1, -0.05) is 13.3 Å². The van der Waals surface area contributed by atoms with Gasteiger partial charge in [-0.25, -0.2) is 4.79 Å². The van der Waals surface area contributed by atoms with Crippen LogP contribution in [0.1, 0.15) is 45.4 Å². The lowest BCUT2D eigenvalue weighted by molar-refractivity contribution is -0.0507. The first-order chi connectivity index (χ1) is 6.22. The molecule has 0 aliphatic heterocycles. The van der Waals surface area contributed by atoms with E-state index in [2.05, 4.69) is 11.7 Å². The first kappa shape index (κ1) is 10.4. The van der Waals surface area contributed by atoms with Gasteiger partial charge in [0.1, 0.15) is 5.60 Å². The van der Waals surface area contributed by atoms with E-state index in [4.69, 9.17) is 4.74 Å². The fourth-order valence-corrected chi connectivity index (χ4v) is 1.94. The third kappa shape index (κ3) is 2.61. The zero-order valence-electron chi connectivity index (χ0n) is 8.47. The zero-order valence-corrected chi connectivity index (χ0v) is 8.47. The maximum atomic E-state index is 11.0. The third-order valence-corrected chi connectivity index (χ3v) is 2.88. The van der Waals surface area contributed by atoms with E-state index in [1.165, 1.54) is 13.5 Å². The smallest absolute Gasteiger partial charge is 0.438 e. The van der Waals surface area contributed by atoms with Crippen LogP contribution >= 0.6 is 0 Å². The molecule has 1 saturated carbocycles. The van der Waals surface area contributed by atoms with E-state index in [9.17, 15) is 4.79 Å². The van der Waals surface area contributed by atoms with Gasteiger partial charge in [0.15, 0.2) is 0 Å². The van der Waals surface area contributed by atoms with Crippen LogP contribution in [-0.2, 0) is 9.47 Å². The molecule has 1 aliphatic carbocycles. The highest BCUT2D eigenvalue weighted by Crippen LogP contribution is 2.34. The van der Waals surface area contributed by atoms with Crippen molar-refractivity contribution in [3.05, 3.63) is 0 Å². The molecular weight excluding hydrogens is 168 g/mol. The normalized spacial score (nSPS) is 20.8. The third-order valence-electron chi connectivity index (χ3n) is 2.88. The van der Waals surface area contributed by atoms with E-state index in [1.807, 2.05) is 0 Å². The van der Waals surface area contributed by atoms with Gasteiger partial charge in [-0.15, -0.1) is 0 Å². The Balaban J connectivity index is 2.52. The second-order valence-corrected chi connectivity index (χ2v) is 3.65. The van der Waals surface area contributed by atoms with Crippen LogP contribution in [0.5, 0.6) is 0 Å². The summed E-state index contributed by atoms with van der Waals surface area (Å²) < 4.78 is 9.83. The largest absolute Gasteiger partial charge is 0.508 e. The van der Waals surface area contributed by atoms with Gasteiger partial charge in [-0.3, -0.25) is 0 Å². The molecule has 0 spiro atoms. The fraction of sp³-hybridized carbons (Fsp3) is 0.900. The summed E-state index contributed by atoms with van der Waals surface area (Å²) >= 11 is 0. The molecule has 0 aromatic heterocycles. The van der Waals surface area contributed by atoms with Crippen molar-refractivity contribution in [2.75, 3.05) is 7.11 Å². The predicted octanol–water partition coefficient (Wildman–Crippen LogP) is 2.88.